The van der Waals surface area contributed by atoms with E-state index in [0.717, 1.165) is 6.42 Å². The van der Waals surface area contributed by atoms with Crippen LogP contribution in [0.5, 0.6) is 0 Å². The first-order valence-corrected chi connectivity index (χ1v) is 5.34. The lowest BCUT2D eigenvalue weighted by molar-refractivity contribution is -0.145. The van der Waals surface area contributed by atoms with E-state index in [1.165, 1.54) is 0 Å². The summed E-state index contributed by atoms with van der Waals surface area (Å²) in [5.41, 5.74) is -0.0987. The molecule has 0 saturated heterocycles. The van der Waals surface area contributed by atoms with Gasteiger partial charge < -0.3 is 9.64 Å². The molecule has 1 amide bonds. The molecule has 15 heavy (non-hydrogen) atoms. The lowest BCUT2D eigenvalue weighted by Crippen LogP contribution is -2.45. The fourth-order valence-corrected chi connectivity index (χ4v) is 1.27. The lowest BCUT2D eigenvalue weighted by atomic mass is 9.93. The highest BCUT2D eigenvalue weighted by Crippen LogP contribution is 2.24. The van der Waals surface area contributed by atoms with E-state index in [1.807, 2.05) is 13.0 Å². The maximum Gasteiger partial charge on any atom is 0.222 e. The summed E-state index contributed by atoms with van der Waals surface area (Å²) in [5.74, 6) is 0.0137. The van der Waals surface area contributed by atoms with E-state index in [-0.39, 0.29) is 17.6 Å². The van der Waals surface area contributed by atoms with Crippen LogP contribution in [0.3, 0.4) is 0 Å². The van der Waals surface area contributed by atoms with Crippen molar-refractivity contribution in [2.45, 2.75) is 47.3 Å². The first-order chi connectivity index (χ1) is 6.80. The van der Waals surface area contributed by atoms with Crippen molar-refractivity contribution < 1.29 is 9.53 Å². The molecular formula is C12H23NO2. The molecule has 0 aromatic carbocycles. The summed E-state index contributed by atoms with van der Waals surface area (Å²) in [6.07, 6.45) is 4.32. The Hall–Kier alpha value is -0.990. The summed E-state index contributed by atoms with van der Waals surface area (Å²) in [5, 5.41) is 0. The second kappa shape index (κ2) is 5.79. The Morgan fingerprint density at radius 2 is 2.00 bits per heavy atom. The molecule has 0 fully saturated rings. The van der Waals surface area contributed by atoms with Gasteiger partial charge in [-0.25, -0.2) is 0 Å². The average Bonchev–Trinajstić information content (AvgIpc) is 2.09. The minimum absolute atomic E-state index is 0.0137. The molecule has 1 atom stereocenters. The standard InChI is InChI=1S/C12H23NO2/c1-7-8-9-15-11(12(3,4)5)13(6)10(2)14/h8-9,11H,7H2,1-6H3/b9-8-. The molecule has 0 aliphatic heterocycles. The minimum atomic E-state index is -0.224. The Morgan fingerprint density at radius 1 is 1.47 bits per heavy atom. The first kappa shape index (κ1) is 14.0. The Morgan fingerprint density at radius 3 is 2.33 bits per heavy atom. The second-order valence-corrected chi connectivity index (χ2v) is 4.76. The van der Waals surface area contributed by atoms with E-state index in [1.54, 1.807) is 25.1 Å². The zero-order chi connectivity index (χ0) is 12.1. The highest BCUT2D eigenvalue weighted by atomic mass is 16.5. The van der Waals surface area contributed by atoms with Crippen molar-refractivity contribution in [1.82, 2.24) is 4.90 Å². The van der Waals surface area contributed by atoms with Crippen LogP contribution in [0.4, 0.5) is 0 Å². The van der Waals surface area contributed by atoms with E-state index in [2.05, 4.69) is 20.8 Å². The molecule has 0 spiro atoms. The maximum absolute atomic E-state index is 11.3. The van der Waals surface area contributed by atoms with E-state index >= 15 is 0 Å². The van der Waals surface area contributed by atoms with Crippen molar-refractivity contribution in [2.24, 2.45) is 5.41 Å². The van der Waals surface area contributed by atoms with Gasteiger partial charge >= 0.3 is 0 Å². The number of nitrogens with zero attached hydrogens (tertiary/aromatic N) is 1. The van der Waals surface area contributed by atoms with Gasteiger partial charge in [-0.1, -0.05) is 33.8 Å². The van der Waals surface area contributed by atoms with Crippen LogP contribution >= 0.6 is 0 Å². The summed E-state index contributed by atoms with van der Waals surface area (Å²) in [4.78, 5) is 12.9. The van der Waals surface area contributed by atoms with Crippen molar-refractivity contribution >= 4 is 5.91 Å². The van der Waals surface area contributed by atoms with Gasteiger partial charge in [-0.15, -0.1) is 0 Å². The van der Waals surface area contributed by atoms with Gasteiger partial charge in [0, 0.05) is 19.4 Å². The molecule has 3 nitrogen and oxygen atoms in total. The third-order valence-corrected chi connectivity index (χ3v) is 2.13. The summed E-state index contributed by atoms with van der Waals surface area (Å²) in [6, 6.07) is 0. The fraction of sp³-hybridized carbons (Fsp3) is 0.750. The zero-order valence-corrected chi connectivity index (χ0v) is 10.7. The van der Waals surface area contributed by atoms with E-state index in [4.69, 9.17) is 4.74 Å². The Bertz CT molecular complexity index is 228. The number of rotatable bonds is 4. The van der Waals surface area contributed by atoms with E-state index in [0.29, 0.717) is 0 Å². The minimum Gasteiger partial charge on any atom is -0.478 e. The molecule has 0 aromatic rings. The summed E-state index contributed by atoms with van der Waals surface area (Å²) in [6.45, 7) is 9.75. The molecule has 0 rings (SSSR count). The largest absolute Gasteiger partial charge is 0.478 e. The third kappa shape index (κ3) is 4.86. The van der Waals surface area contributed by atoms with Gasteiger partial charge in [0.2, 0.25) is 5.91 Å². The number of carbonyl (C=O) groups excluding carboxylic acids is 1. The summed E-state index contributed by atoms with van der Waals surface area (Å²) in [7, 11) is 1.76. The number of carbonyl (C=O) groups is 1. The van der Waals surface area contributed by atoms with Gasteiger partial charge in [0.25, 0.3) is 0 Å². The first-order valence-electron chi connectivity index (χ1n) is 5.34. The lowest BCUT2D eigenvalue weighted by Gasteiger charge is -2.36. The number of hydrogen-bond acceptors (Lipinski definition) is 2. The Labute approximate surface area is 93.1 Å². The van der Waals surface area contributed by atoms with Crippen LogP contribution < -0.4 is 0 Å². The van der Waals surface area contributed by atoms with Crippen LogP contribution in [0.25, 0.3) is 0 Å². The summed E-state index contributed by atoms with van der Waals surface area (Å²) < 4.78 is 5.59. The van der Waals surface area contributed by atoms with Crippen LogP contribution in [-0.4, -0.2) is 24.1 Å². The number of ether oxygens (including phenoxy) is 1. The smallest absolute Gasteiger partial charge is 0.222 e. The number of hydrogen-bond donors (Lipinski definition) is 0. The van der Waals surface area contributed by atoms with Crippen molar-refractivity contribution in [3.05, 3.63) is 12.3 Å². The van der Waals surface area contributed by atoms with Crippen molar-refractivity contribution in [1.29, 1.82) is 0 Å². The van der Waals surface area contributed by atoms with E-state index in [9.17, 15) is 4.79 Å². The molecule has 88 valence electrons. The highest BCUT2D eigenvalue weighted by molar-refractivity contribution is 5.73. The van der Waals surface area contributed by atoms with Crippen molar-refractivity contribution in [3.8, 4) is 0 Å². The molecule has 0 N–H and O–H groups in total. The SMILES string of the molecule is CC/C=C\OC(N(C)C(C)=O)C(C)(C)C. The molecule has 0 radical (unpaired) electrons. The van der Waals surface area contributed by atoms with Crippen LogP contribution in [-0.2, 0) is 9.53 Å². The number of allylic oxidation sites excluding steroid dienone is 1. The molecule has 0 aliphatic carbocycles. The van der Waals surface area contributed by atoms with Crippen molar-refractivity contribution in [3.63, 3.8) is 0 Å². The predicted molar refractivity (Wildman–Crippen MR) is 62.2 cm³/mol. The van der Waals surface area contributed by atoms with Crippen molar-refractivity contribution in [2.75, 3.05) is 7.05 Å². The number of amides is 1. The second-order valence-electron chi connectivity index (χ2n) is 4.76. The van der Waals surface area contributed by atoms with Gasteiger partial charge in [-0.2, -0.15) is 0 Å². The molecule has 0 bridgehead atoms. The third-order valence-electron chi connectivity index (χ3n) is 2.13. The quantitative estimate of drug-likeness (QED) is 0.531. The van der Waals surface area contributed by atoms with Crippen LogP contribution in [0, 0.1) is 5.41 Å². The zero-order valence-electron chi connectivity index (χ0n) is 10.7. The van der Waals surface area contributed by atoms with E-state index < -0.39 is 0 Å². The van der Waals surface area contributed by atoms with Gasteiger partial charge in [0.05, 0.1) is 6.26 Å². The predicted octanol–water partition coefficient (Wildman–Crippen LogP) is 2.78. The van der Waals surface area contributed by atoms with Crippen LogP contribution in [0.15, 0.2) is 12.3 Å². The van der Waals surface area contributed by atoms with Gasteiger partial charge in [-0.3, -0.25) is 4.79 Å². The van der Waals surface area contributed by atoms with Crippen LogP contribution in [0.1, 0.15) is 41.0 Å². The molecule has 1 unspecified atom stereocenters. The van der Waals surface area contributed by atoms with Crippen LogP contribution in [0.2, 0.25) is 0 Å². The Kier molecular flexibility index (Phi) is 5.40. The molecule has 0 heterocycles. The molecule has 0 aromatic heterocycles. The molecule has 3 heteroatoms. The highest BCUT2D eigenvalue weighted by Gasteiger charge is 2.30. The van der Waals surface area contributed by atoms with Gasteiger partial charge in [-0.05, 0) is 6.42 Å². The summed E-state index contributed by atoms with van der Waals surface area (Å²) >= 11 is 0. The Balaban J connectivity index is 4.59. The molecule has 0 saturated carbocycles. The normalized spacial score (nSPS) is 14.0. The monoisotopic (exact) mass is 213 g/mol. The van der Waals surface area contributed by atoms with Gasteiger partial charge in [0.1, 0.15) is 0 Å². The molecular weight excluding hydrogens is 190 g/mol. The van der Waals surface area contributed by atoms with Gasteiger partial charge in [0.15, 0.2) is 6.23 Å². The maximum atomic E-state index is 11.3. The fourth-order valence-electron chi connectivity index (χ4n) is 1.27. The average molecular weight is 213 g/mol. The topological polar surface area (TPSA) is 29.5 Å². The molecule has 0 aliphatic rings.